The predicted molar refractivity (Wildman–Crippen MR) is 119 cm³/mol. The average molecular weight is 421 g/mol. The van der Waals surface area contributed by atoms with Crippen molar-refractivity contribution in [1.29, 1.82) is 0 Å². The van der Waals surface area contributed by atoms with E-state index in [9.17, 15) is 9.59 Å². The minimum absolute atomic E-state index is 0.154. The van der Waals surface area contributed by atoms with Crippen LogP contribution in [0.3, 0.4) is 0 Å². The van der Waals surface area contributed by atoms with E-state index in [-0.39, 0.29) is 11.8 Å². The van der Waals surface area contributed by atoms with Gasteiger partial charge in [-0.1, -0.05) is 54.6 Å². The zero-order valence-electron chi connectivity index (χ0n) is 16.9. The highest BCUT2D eigenvalue weighted by molar-refractivity contribution is 7.17. The normalized spacial score (nSPS) is 13.5. The molecule has 2 heterocycles. The van der Waals surface area contributed by atoms with Gasteiger partial charge in [0.2, 0.25) is 5.91 Å². The summed E-state index contributed by atoms with van der Waals surface area (Å²) in [5, 5.41) is 3.00. The van der Waals surface area contributed by atoms with Crippen LogP contribution < -0.4 is 10.1 Å². The zero-order chi connectivity index (χ0) is 20.9. The number of hydrogen-bond acceptors (Lipinski definition) is 4. The number of carbonyl (C=O) groups excluding carboxylic acids is 2. The van der Waals surface area contributed by atoms with E-state index in [2.05, 4.69) is 5.32 Å². The van der Waals surface area contributed by atoms with Crippen LogP contribution in [-0.2, 0) is 17.9 Å². The van der Waals surface area contributed by atoms with Gasteiger partial charge in [0.15, 0.2) is 0 Å². The molecule has 1 aliphatic heterocycles. The molecule has 3 aromatic rings. The summed E-state index contributed by atoms with van der Waals surface area (Å²) in [7, 11) is 1.58. The first kappa shape index (κ1) is 20.2. The molecule has 1 saturated heterocycles. The van der Waals surface area contributed by atoms with Crippen molar-refractivity contribution in [3.05, 3.63) is 76.7 Å². The topological polar surface area (TPSA) is 58.6 Å². The minimum atomic E-state index is -0.154. The highest BCUT2D eigenvalue weighted by Gasteiger charge is 2.20. The maximum Gasteiger partial charge on any atom is 0.265 e. The number of hydrogen-bond donors (Lipinski definition) is 1. The lowest BCUT2D eigenvalue weighted by molar-refractivity contribution is -0.128. The van der Waals surface area contributed by atoms with Gasteiger partial charge < -0.3 is 15.0 Å². The third kappa shape index (κ3) is 4.54. The van der Waals surface area contributed by atoms with Gasteiger partial charge in [-0.3, -0.25) is 9.59 Å². The second-order valence-electron chi connectivity index (χ2n) is 7.30. The summed E-state index contributed by atoms with van der Waals surface area (Å²) in [6, 6.07) is 19.9. The van der Waals surface area contributed by atoms with Gasteiger partial charge in [0, 0.05) is 30.9 Å². The number of rotatable bonds is 7. The van der Waals surface area contributed by atoms with Crippen LogP contribution >= 0.6 is 11.3 Å². The number of ether oxygens (including phenoxy) is 1. The molecule has 6 heteroatoms. The summed E-state index contributed by atoms with van der Waals surface area (Å²) in [5.74, 6) is 0.643. The fourth-order valence-electron chi connectivity index (χ4n) is 3.62. The third-order valence-corrected chi connectivity index (χ3v) is 6.34. The molecule has 0 saturated carbocycles. The molecule has 0 atom stereocenters. The lowest BCUT2D eigenvalue weighted by atomic mass is 10.1. The number of thiophene rings is 1. The lowest BCUT2D eigenvalue weighted by Crippen LogP contribution is -2.24. The van der Waals surface area contributed by atoms with Crippen LogP contribution in [0.15, 0.2) is 60.7 Å². The van der Waals surface area contributed by atoms with Gasteiger partial charge in [-0.25, -0.2) is 0 Å². The number of amides is 2. The van der Waals surface area contributed by atoms with Crippen LogP contribution in [0.25, 0.3) is 10.4 Å². The lowest BCUT2D eigenvalue weighted by Gasteiger charge is -2.16. The average Bonchev–Trinajstić information content (AvgIpc) is 3.39. The Kier molecular flexibility index (Phi) is 6.14. The van der Waals surface area contributed by atoms with Crippen molar-refractivity contribution in [2.45, 2.75) is 25.9 Å². The van der Waals surface area contributed by atoms with E-state index in [1.807, 2.05) is 65.6 Å². The van der Waals surface area contributed by atoms with Crippen molar-refractivity contribution in [2.75, 3.05) is 13.7 Å². The van der Waals surface area contributed by atoms with Gasteiger partial charge in [-0.2, -0.15) is 0 Å². The first-order valence-electron chi connectivity index (χ1n) is 10.0. The maximum absolute atomic E-state index is 12.8. The van der Waals surface area contributed by atoms with Gasteiger partial charge in [-0.15, -0.1) is 11.3 Å². The Morgan fingerprint density at radius 3 is 2.63 bits per heavy atom. The zero-order valence-corrected chi connectivity index (χ0v) is 17.7. The van der Waals surface area contributed by atoms with Crippen molar-refractivity contribution < 1.29 is 14.3 Å². The molecule has 0 unspecified atom stereocenters. The number of likely N-dealkylation sites (tertiary alicyclic amines) is 1. The molecule has 1 aromatic heterocycles. The van der Waals surface area contributed by atoms with Gasteiger partial charge in [0.1, 0.15) is 10.6 Å². The van der Waals surface area contributed by atoms with E-state index < -0.39 is 0 Å². The molecule has 1 aliphatic rings. The SMILES string of the molecule is COc1cc(-c2ccccc2)sc1C(=O)NCc1cccc(CN2CCCC2=O)c1. The Labute approximate surface area is 180 Å². The molecule has 2 aromatic carbocycles. The Bertz CT molecular complexity index is 1050. The molecule has 0 spiro atoms. The molecule has 4 rings (SSSR count). The Hall–Kier alpha value is -3.12. The molecule has 154 valence electrons. The fraction of sp³-hybridized carbons (Fsp3) is 0.250. The Balaban J connectivity index is 1.43. The van der Waals surface area contributed by atoms with E-state index in [1.54, 1.807) is 7.11 Å². The second kappa shape index (κ2) is 9.13. The molecule has 0 bridgehead atoms. The molecule has 1 fully saturated rings. The van der Waals surface area contributed by atoms with Crippen molar-refractivity contribution in [2.24, 2.45) is 0 Å². The number of carbonyl (C=O) groups is 2. The number of nitrogens with one attached hydrogen (secondary N) is 1. The minimum Gasteiger partial charge on any atom is -0.495 e. The maximum atomic E-state index is 12.8. The van der Waals surface area contributed by atoms with Crippen LogP contribution in [0.2, 0.25) is 0 Å². The molecular weight excluding hydrogens is 396 g/mol. The summed E-state index contributed by atoms with van der Waals surface area (Å²) in [6.45, 7) is 1.86. The molecule has 0 radical (unpaired) electrons. The van der Waals surface area contributed by atoms with Crippen molar-refractivity contribution in [1.82, 2.24) is 10.2 Å². The van der Waals surface area contributed by atoms with E-state index in [0.717, 1.165) is 34.5 Å². The van der Waals surface area contributed by atoms with Gasteiger partial charge >= 0.3 is 0 Å². The number of methoxy groups -OCH3 is 1. The van der Waals surface area contributed by atoms with E-state index in [1.165, 1.54) is 11.3 Å². The van der Waals surface area contributed by atoms with E-state index in [4.69, 9.17) is 4.74 Å². The largest absolute Gasteiger partial charge is 0.495 e. The molecule has 0 aliphatic carbocycles. The van der Waals surface area contributed by atoms with Crippen LogP contribution in [-0.4, -0.2) is 30.4 Å². The van der Waals surface area contributed by atoms with Crippen molar-refractivity contribution in [3.63, 3.8) is 0 Å². The van der Waals surface area contributed by atoms with Gasteiger partial charge in [-0.05, 0) is 29.2 Å². The highest BCUT2D eigenvalue weighted by atomic mass is 32.1. The monoisotopic (exact) mass is 420 g/mol. The number of benzene rings is 2. The Morgan fingerprint density at radius 2 is 1.90 bits per heavy atom. The van der Waals surface area contributed by atoms with Crippen LogP contribution in [0.1, 0.15) is 33.6 Å². The summed E-state index contributed by atoms with van der Waals surface area (Å²) < 4.78 is 5.44. The quantitative estimate of drug-likeness (QED) is 0.613. The van der Waals surface area contributed by atoms with E-state index in [0.29, 0.717) is 30.1 Å². The molecule has 1 N–H and O–H groups in total. The molecule has 5 nitrogen and oxygen atoms in total. The molecule has 30 heavy (non-hydrogen) atoms. The first-order chi connectivity index (χ1) is 14.6. The first-order valence-corrected chi connectivity index (χ1v) is 10.8. The molecular formula is C24H24N2O3S. The van der Waals surface area contributed by atoms with Crippen molar-refractivity contribution in [3.8, 4) is 16.2 Å². The smallest absolute Gasteiger partial charge is 0.265 e. The van der Waals surface area contributed by atoms with Crippen LogP contribution in [0.5, 0.6) is 5.75 Å². The standard InChI is InChI=1S/C24H24N2O3S/c1-29-20-14-21(19-9-3-2-4-10-19)30-23(20)24(28)25-15-17-7-5-8-18(13-17)16-26-12-6-11-22(26)27/h2-5,7-10,13-14H,6,11-12,15-16H2,1H3,(H,25,28). The van der Waals surface area contributed by atoms with Crippen molar-refractivity contribution >= 4 is 23.2 Å². The van der Waals surface area contributed by atoms with Crippen LogP contribution in [0, 0.1) is 0 Å². The fourth-order valence-corrected chi connectivity index (χ4v) is 4.67. The van der Waals surface area contributed by atoms with Gasteiger partial charge in [0.25, 0.3) is 5.91 Å². The van der Waals surface area contributed by atoms with Crippen LogP contribution in [0.4, 0.5) is 0 Å². The molecule has 2 amide bonds. The summed E-state index contributed by atoms with van der Waals surface area (Å²) >= 11 is 1.42. The summed E-state index contributed by atoms with van der Waals surface area (Å²) in [4.78, 5) is 28.1. The van der Waals surface area contributed by atoms with E-state index >= 15 is 0 Å². The third-order valence-electron chi connectivity index (χ3n) is 5.17. The predicted octanol–water partition coefficient (Wildman–Crippen LogP) is 4.48. The number of nitrogens with zero attached hydrogens (tertiary/aromatic N) is 1. The summed E-state index contributed by atoms with van der Waals surface area (Å²) in [5.41, 5.74) is 3.15. The highest BCUT2D eigenvalue weighted by Crippen LogP contribution is 2.36. The summed E-state index contributed by atoms with van der Waals surface area (Å²) in [6.07, 6.45) is 1.57. The second-order valence-corrected chi connectivity index (χ2v) is 8.35. The Morgan fingerprint density at radius 1 is 1.10 bits per heavy atom. The van der Waals surface area contributed by atoms with Gasteiger partial charge in [0.05, 0.1) is 7.11 Å².